The summed E-state index contributed by atoms with van der Waals surface area (Å²) in [5.41, 5.74) is 6.66. The number of halogens is 1. The highest BCUT2D eigenvalue weighted by atomic mass is 19.1. The molecule has 1 unspecified atom stereocenters. The van der Waals surface area contributed by atoms with Gasteiger partial charge in [0.25, 0.3) is 0 Å². The van der Waals surface area contributed by atoms with Crippen molar-refractivity contribution in [2.75, 3.05) is 0 Å². The number of benzene rings is 1. The molecule has 1 fully saturated rings. The van der Waals surface area contributed by atoms with Crippen molar-refractivity contribution in [1.82, 2.24) is 0 Å². The topological polar surface area (TPSA) is 26.0 Å². The molecule has 0 heterocycles. The van der Waals surface area contributed by atoms with E-state index >= 15 is 0 Å². The molecule has 2 N–H and O–H groups in total. The van der Waals surface area contributed by atoms with Crippen LogP contribution in [0.25, 0.3) is 0 Å². The van der Waals surface area contributed by atoms with Gasteiger partial charge >= 0.3 is 0 Å². The third-order valence-corrected chi connectivity index (χ3v) is 2.64. The van der Waals surface area contributed by atoms with Gasteiger partial charge in [0.15, 0.2) is 0 Å². The Labute approximate surface area is 77.8 Å². The average molecular weight is 179 g/mol. The van der Waals surface area contributed by atoms with Gasteiger partial charge in [-0.3, -0.25) is 0 Å². The molecule has 0 bridgehead atoms. The van der Waals surface area contributed by atoms with Crippen LogP contribution in [0, 0.1) is 11.7 Å². The van der Waals surface area contributed by atoms with Crippen LogP contribution in [-0.4, -0.2) is 6.04 Å². The number of hydrogen-bond acceptors (Lipinski definition) is 1. The molecule has 1 aliphatic rings. The molecule has 13 heavy (non-hydrogen) atoms. The molecule has 1 aromatic rings. The van der Waals surface area contributed by atoms with E-state index in [4.69, 9.17) is 5.73 Å². The quantitative estimate of drug-likeness (QED) is 0.755. The summed E-state index contributed by atoms with van der Waals surface area (Å²) in [6.07, 6.45) is 3.11. The second-order valence-corrected chi connectivity index (χ2v) is 3.80. The third kappa shape index (κ3) is 2.07. The van der Waals surface area contributed by atoms with Gasteiger partial charge in [-0.25, -0.2) is 4.39 Å². The van der Waals surface area contributed by atoms with Gasteiger partial charge in [-0.1, -0.05) is 18.2 Å². The molecule has 1 atom stereocenters. The molecule has 1 aromatic carbocycles. The van der Waals surface area contributed by atoms with Gasteiger partial charge in [0.05, 0.1) is 0 Å². The number of hydrogen-bond donors (Lipinski definition) is 1. The summed E-state index contributed by atoms with van der Waals surface area (Å²) >= 11 is 0. The normalized spacial score (nSPS) is 18.6. The SMILES string of the molecule is NC(Cc1ccccc1F)C1CC1. The zero-order chi connectivity index (χ0) is 9.26. The molecule has 2 heteroatoms. The molecule has 1 aliphatic carbocycles. The van der Waals surface area contributed by atoms with E-state index in [0.29, 0.717) is 12.3 Å². The van der Waals surface area contributed by atoms with E-state index in [-0.39, 0.29) is 11.9 Å². The summed E-state index contributed by atoms with van der Waals surface area (Å²) in [7, 11) is 0. The van der Waals surface area contributed by atoms with Crippen LogP contribution < -0.4 is 5.73 Å². The fourth-order valence-electron chi connectivity index (χ4n) is 1.61. The Balaban J connectivity index is 2.03. The van der Waals surface area contributed by atoms with Crippen molar-refractivity contribution in [2.24, 2.45) is 11.7 Å². The van der Waals surface area contributed by atoms with Gasteiger partial charge in [-0.2, -0.15) is 0 Å². The minimum absolute atomic E-state index is 0.126. The van der Waals surface area contributed by atoms with Crippen LogP contribution in [0.4, 0.5) is 4.39 Å². The summed E-state index contributed by atoms with van der Waals surface area (Å²) in [6.45, 7) is 0. The summed E-state index contributed by atoms with van der Waals surface area (Å²) in [6, 6.07) is 7.03. The van der Waals surface area contributed by atoms with E-state index in [2.05, 4.69) is 0 Å². The van der Waals surface area contributed by atoms with Gasteiger partial charge in [0.1, 0.15) is 5.82 Å². The van der Waals surface area contributed by atoms with Gasteiger partial charge in [-0.05, 0) is 36.8 Å². The molecule has 0 aliphatic heterocycles. The van der Waals surface area contributed by atoms with Gasteiger partial charge in [0.2, 0.25) is 0 Å². The highest BCUT2D eigenvalue weighted by Crippen LogP contribution is 2.33. The minimum atomic E-state index is -0.126. The van der Waals surface area contributed by atoms with E-state index < -0.39 is 0 Å². The fraction of sp³-hybridized carbons (Fsp3) is 0.455. The Hall–Kier alpha value is -0.890. The van der Waals surface area contributed by atoms with E-state index in [0.717, 1.165) is 5.56 Å². The van der Waals surface area contributed by atoms with Gasteiger partial charge in [0, 0.05) is 6.04 Å². The van der Waals surface area contributed by atoms with Crippen LogP contribution >= 0.6 is 0 Å². The van der Waals surface area contributed by atoms with Crippen molar-refractivity contribution in [1.29, 1.82) is 0 Å². The maximum atomic E-state index is 13.2. The molecular formula is C11H14FN. The average Bonchev–Trinajstić information content (AvgIpc) is 2.91. The summed E-state index contributed by atoms with van der Waals surface area (Å²) in [5.74, 6) is 0.512. The summed E-state index contributed by atoms with van der Waals surface area (Å²) in [4.78, 5) is 0. The lowest BCUT2D eigenvalue weighted by Crippen LogP contribution is -2.25. The largest absolute Gasteiger partial charge is 0.327 e. The lowest BCUT2D eigenvalue weighted by atomic mass is 10.0. The molecule has 0 radical (unpaired) electrons. The molecule has 0 saturated heterocycles. The first-order valence-corrected chi connectivity index (χ1v) is 4.76. The van der Waals surface area contributed by atoms with Crippen molar-refractivity contribution in [2.45, 2.75) is 25.3 Å². The number of nitrogens with two attached hydrogens (primary N) is 1. The van der Waals surface area contributed by atoms with E-state index in [1.54, 1.807) is 6.07 Å². The maximum absolute atomic E-state index is 13.2. The highest BCUT2D eigenvalue weighted by Gasteiger charge is 2.28. The second-order valence-electron chi connectivity index (χ2n) is 3.80. The van der Waals surface area contributed by atoms with Crippen molar-refractivity contribution in [3.8, 4) is 0 Å². The smallest absolute Gasteiger partial charge is 0.126 e. The highest BCUT2D eigenvalue weighted by molar-refractivity contribution is 5.18. The van der Waals surface area contributed by atoms with Crippen LogP contribution in [0.5, 0.6) is 0 Å². The molecule has 1 saturated carbocycles. The Morgan fingerprint density at radius 2 is 2.08 bits per heavy atom. The first-order chi connectivity index (χ1) is 6.27. The van der Waals surface area contributed by atoms with Crippen molar-refractivity contribution < 1.29 is 4.39 Å². The summed E-state index contributed by atoms with van der Waals surface area (Å²) < 4.78 is 13.2. The van der Waals surface area contributed by atoms with E-state index in [1.807, 2.05) is 12.1 Å². The molecule has 70 valence electrons. The Kier molecular flexibility index (Phi) is 2.32. The van der Waals surface area contributed by atoms with E-state index in [9.17, 15) is 4.39 Å². The molecule has 0 amide bonds. The third-order valence-electron chi connectivity index (χ3n) is 2.64. The maximum Gasteiger partial charge on any atom is 0.126 e. The molecule has 2 rings (SSSR count). The fourth-order valence-corrected chi connectivity index (χ4v) is 1.61. The van der Waals surface area contributed by atoms with Crippen LogP contribution in [0.15, 0.2) is 24.3 Å². The Morgan fingerprint density at radius 3 is 2.69 bits per heavy atom. The predicted octanol–water partition coefficient (Wildman–Crippen LogP) is 2.11. The molecule has 0 spiro atoms. The van der Waals surface area contributed by atoms with Crippen molar-refractivity contribution in [3.63, 3.8) is 0 Å². The summed E-state index contributed by atoms with van der Waals surface area (Å²) in [5, 5.41) is 0. The molecular weight excluding hydrogens is 165 g/mol. The van der Waals surface area contributed by atoms with E-state index in [1.165, 1.54) is 18.9 Å². The van der Waals surface area contributed by atoms with Gasteiger partial charge in [-0.15, -0.1) is 0 Å². The first-order valence-electron chi connectivity index (χ1n) is 4.76. The Bertz CT molecular complexity index is 294. The zero-order valence-electron chi connectivity index (χ0n) is 7.54. The van der Waals surface area contributed by atoms with Gasteiger partial charge < -0.3 is 5.73 Å². The predicted molar refractivity (Wildman–Crippen MR) is 50.8 cm³/mol. The monoisotopic (exact) mass is 179 g/mol. The van der Waals surface area contributed by atoms with Crippen LogP contribution in [-0.2, 0) is 6.42 Å². The van der Waals surface area contributed by atoms with Crippen LogP contribution in [0.1, 0.15) is 18.4 Å². The van der Waals surface area contributed by atoms with Crippen LogP contribution in [0.2, 0.25) is 0 Å². The minimum Gasteiger partial charge on any atom is -0.327 e. The molecule has 0 aromatic heterocycles. The van der Waals surface area contributed by atoms with Crippen molar-refractivity contribution >= 4 is 0 Å². The van der Waals surface area contributed by atoms with Crippen LogP contribution in [0.3, 0.4) is 0 Å². The standard InChI is InChI=1S/C11H14FN/c12-10-4-2-1-3-9(10)7-11(13)8-5-6-8/h1-4,8,11H,5-7,13H2. The second kappa shape index (κ2) is 3.46. The lowest BCUT2D eigenvalue weighted by Gasteiger charge is -2.10. The number of rotatable bonds is 3. The molecule has 1 nitrogen and oxygen atoms in total. The Morgan fingerprint density at radius 1 is 1.38 bits per heavy atom. The zero-order valence-corrected chi connectivity index (χ0v) is 7.54. The lowest BCUT2D eigenvalue weighted by molar-refractivity contribution is 0.555. The first kappa shape index (κ1) is 8.70. The van der Waals surface area contributed by atoms with Crippen molar-refractivity contribution in [3.05, 3.63) is 35.6 Å².